The number of fused-ring (bicyclic) bond motifs is 1. The minimum atomic E-state index is -1.11. The van der Waals surface area contributed by atoms with E-state index in [9.17, 15) is 15.0 Å². The number of para-hydroxylation sites is 1. The van der Waals surface area contributed by atoms with Crippen molar-refractivity contribution in [1.82, 2.24) is 4.98 Å². The summed E-state index contributed by atoms with van der Waals surface area (Å²) in [6.45, 7) is 0. The molecule has 1 aromatic carbocycles. The summed E-state index contributed by atoms with van der Waals surface area (Å²) in [6, 6.07) is 7.60. The number of carbonyl (C=O) groups is 1. The second-order valence-corrected chi connectivity index (χ2v) is 5.37. The predicted molar refractivity (Wildman–Crippen MR) is 72.1 cm³/mol. The minimum absolute atomic E-state index is 0.559. The average Bonchev–Trinajstić information content (AvgIpc) is 2.98. The van der Waals surface area contributed by atoms with Gasteiger partial charge in [-0.1, -0.05) is 31.0 Å². The van der Waals surface area contributed by atoms with Crippen LogP contribution < -0.4 is 0 Å². The number of aromatic amines is 1. The lowest BCUT2D eigenvalue weighted by Gasteiger charge is -2.29. The fourth-order valence-electron chi connectivity index (χ4n) is 3.26. The topological polar surface area (TPSA) is 73.3 Å². The Kier molecular flexibility index (Phi) is 2.82. The van der Waals surface area contributed by atoms with E-state index in [1.807, 2.05) is 24.3 Å². The second-order valence-electron chi connectivity index (χ2n) is 5.37. The van der Waals surface area contributed by atoms with Crippen molar-refractivity contribution in [2.45, 2.75) is 37.2 Å². The number of aliphatic hydroxyl groups is 1. The predicted octanol–water partition coefficient (Wildman–Crippen LogP) is 2.64. The molecule has 4 nitrogen and oxygen atoms in total. The maximum atomic E-state index is 11.7. The van der Waals surface area contributed by atoms with Gasteiger partial charge in [-0.25, -0.2) is 0 Å². The van der Waals surface area contributed by atoms with E-state index in [1.165, 1.54) is 0 Å². The molecule has 0 radical (unpaired) electrons. The van der Waals surface area contributed by atoms with Crippen LogP contribution >= 0.6 is 0 Å². The quantitative estimate of drug-likeness (QED) is 0.793. The number of H-pyrrole nitrogens is 1. The Bertz CT molecular complexity index is 611. The number of aromatic nitrogens is 1. The number of hydrogen-bond acceptors (Lipinski definition) is 2. The minimum Gasteiger partial charge on any atom is -0.481 e. The zero-order valence-electron chi connectivity index (χ0n) is 10.6. The Morgan fingerprint density at radius 3 is 2.63 bits per heavy atom. The van der Waals surface area contributed by atoms with Crippen LogP contribution in [0.25, 0.3) is 10.9 Å². The zero-order chi connectivity index (χ0) is 13.5. The molecule has 1 fully saturated rings. The summed E-state index contributed by atoms with van der Waals surface area (Å²) >= 11 is 0. The van der Waals surface area contributed by atoms with Gasteiger partial charge in [0.1, 0.15) is 5.92 Å². The molecule has 1 aliphatic rings. The molecule has 1 atom stereocenters. The molecule has 0 amide bonds. The van der Waals surface area contributed by atoms with E-state index < -0.39 is 17.5 Å². The molecule has 1 saturated carbocycles. The zero-order valence-corrected chi connectivity index (χ0v) is 10.6. The summed E-state index contributed by atoms with van der Waals surface area (Å²) in [4.78, 5) is 14.7. The van der Waals surface area contributed by atoms with Gasteiger partial charge in [-0.15, -0.1) is 0 Å². The van der Waals surface area contributed by atoms with Crippen molar-refractivity contribution >= 4 is 16.9 Å². The number of carboxylic acids is 1. The van der Waals surface area contributed by atoms with Crippen molar-refractivity contribution in [3.63, 3.8) is 0 Å². The summed E-state index contributed by atoms with van der Waals surface area (Å²) in [6.07, 6.45) is 4.62. The third-order valence-corrected chi connectivity index (χ3v) is 4.19. The maximum Gasteiger partial charge on any atom is 0.314 e. The largest absolute Gasteiger partial charge is 0.481 e. The SMILES string of the molecule is O=C(O)C(c1c[nH]c2ccccc12)C1(O)CCCC1. The van der Waals surface area contributed by atoms with E-state index in [2.05, 4.69) is 4.98 Å². The first kappa shape index (κ1) is 12.2. The van der Waals surface area contributed by atoms with Crippen molar-refractivity contribution < 1.29 is 15.0 Å². The highest BCUT2D eigenvalue weighted by molar-refractivity contribution is 5.90. The normalized spacial score (nSPS) is 19.6. The second kappa shape index (κ2) is 4.38. The molecular formula is C15H17NO3. The highest BCUT2D eigenvalue weighted by atomic mass is 16.4. The third-order valence-electron chi connectivity index (χ3n) is 4.19. The molecule has 0 aliphatic heterocycles. The van der Waals surface area contributed by atoms with Crippen LogP contribution in [0.2, 0.25) is 0 Å². The van der Waals surface area contributed by atoms with E-state index >= 15 is 0 Å². The van der Waals surface area contributed by atoms with Crippen molar-refractivity contribution in [3.8, 4) is 0 Å². The molecule has 100 valence electrons. The Morgan fingerprint density at radius 2 is 1.95 bits per heavy atom. The first-order valence-corrected chi connectivity index (χ1v) is 6.63. The first-order valence-electron chi connectivity index (χ1n) is 6.63. The molecule has 2 aromatic rings. The van der Waals surface area contributed by atoms with Crippen LogP contribution in [0.4, 0.5) is 0 Å². The lowest BCUT2D eigenvalue weighted by atomic mass is 9.80. The van der Waals surface area contributed by atoms with Crippen molar-refractivity contribution in [2.75, 3.05) is 0 Å². The Morgan fingerprint density at radius 1 is 1.26 bits per heavy atom. The number of nitrogens with one attached hydrogen (secondary N) is 1. The highest BCUT2D eigenvalue weighted by Crippen LogP contribution is 2.43. The van der Waals surface area contributed by atoms with Gasteiger partial charge < -0.3 is 15.2 Å². The fraction of sp³-hybridized carbons (Fsp3) is 0.400. The monoisotopic (exact) mass is 259 g/mol. The first-order chi connectivity index (χ1) is 9.12. The smallest absolute Gasteiger partial charge is 0.314 e. The molecule has 3 rings (SSSR count). The van der Waals surface area contributed by atoms with Crippen LogP contribution in [-0.4, -0.2) is 26.8 Å². The van der Waals surface area contributed by atoms with Crippen molar-refractivity contribution in [2.24, 2.45) is 0 Å². The van der Waals surface area contributed by atoms with Gasteiger partial charge in [-0.2, -0.15) is 0 Å². The van der Waals surface area contributed by atoms with Crippen molar-refractivity contribution in [1.29, 1.82) is 0 Å². The van der Waals surface area contributed by atoms with Crippen LogP contribution in [0.1, 0.15) is 37.2 Å². The van der Waals surface area contributed by atoms with Crippen LogP contribution in [0.3, 0.4) is 0 Å². The molecule has 4 heteroatoms. The van der Waals surface area contributed by atoms with E-state index in [0.29, 0.717) is 18.4 Å². The summed E-state index contributed by atoms with van der Waals surface area (Å²) in [5, 5.41) is 21.1. The third kappa shape index (κ3) is 1.92. The number of hydrogen-bond donors (Lipinski definition) is 3. The summed E-state index contributed by atoms with van der Waals surface area (Å²) < 4.78 is 0. The highest BCUT2D eigenvalue weighted by Gasteiger charge is 2.45. The summed E-state index contributed by atoms with van der Waals surface area (Å²) in [5.74, 6) is -1.81. The van der Waals surface area contributed by atoms with Crippen LogP contribution in [0, 0.1) is 0 Å². The Labute approximate surface area is 111 Å². The molecule has 1 heterocycles. The Hall–Kier alpha value is -1.81. The van der Waals surface area contributed by atoms with Crippen LogP contribution in [0.5, 0.6) is 0 Å². The van der Waals surface area contributed by atoms with Gasteiger partial charge in [0.15, 0.2) is 0 Å². The maximum absolute atomic E-state index is 11.7. The Balaban J connectivity index is 2.12. The molecule has 19 heavy (non-hydrogen) atoms. The average molecular weight is 259 g/mol. The fourth-order valence-corrected chi connectivity index (χ4v) is 3.26. The van der Waals surface area contributed by atoms with E-state index in [0.717, 1.165) is 23.7 Å². The number of benzene rings is 1. The van der Waals surface area contributed by atoms with Gasteiger partial charge >= 0.3 is 5.97 Å². The van der Waals surface area contributed by atoms with E-state index in [1.54, 1.807) is 6.20 Å². The van der Waals surface area contributed by atoms with E-state index in [4.69, 9.17) is 0 Å². The number of aliphatic carboxylic acids is 1. The van der Waals surface area contributed by atoms with E-state index in [-0.39, 0.29) is 0 Å². The van der Waals surface area contributed by atoms with Gasteiger partial charge in [0.2, 0.25) is 0 Å². The van der Waals surface area contributed by atoms with Crippen molar-refractivity contribution in [3.05, 3.63) is 36.0 Å². The molecule has 1 aromatic heterocycles. The molecule has 1 unspecified atom stereocenters. The van der Waals surface area contributed by atoms with Crippen LogP contribution in [-0.2, 0) is 4.79 Å². The molecule has 0 saturated heterocycles. The van der Waals surface area contributed by atoms with Gasteiger partial charge in [-0.3, -0.25) is 4.79 Å². The molecule has 0 bridgehead atoms. The van der Waals surface area contributed by atoms with Gasteiger partial charge in [0.05, 0.1) is 5.60 Å². The lowest BCUT2D eigenvalue weighted by molar-refractivity contribution is -0.145. The molecule has 1 aliphatic carbocycles. The van der Waals surface area contributed by atoms with Gasteiger partial charge in [0, 0.05) is 17.1 Å². The number of carboxylic acid groups (broad SMARTS) is 1. The summed E-state index contributed by atoms with van der Waals surface area (Å²) in [7, 11) is 0. The lowest BCUT2D eigenvalue weighted by Crippen LogP contribution is -2.37. The molecule has 0 spiro atoms. The summed E-state index contributed by atoms with van der Waals surface area (Å²) in [5.41, 5.74) is 0.481. The molecule has 3 N–H and O–H groups in total. The van der Waals surface area contributed by atoms with Gasteiger partial charge in [-0.05, 0) is 24.5 Å². The van der Waals surface area contributed by atoms with Crippen LogP contribution in [0.15, 0.2) is 30.5 Å². The van der Waals surface area contributed by atoms with Gasteiger partial charge in [0.25, 0.3) is 0 Å². The number of rotatable bonds is 3. The standard InChI is InChI=1S/C15H17NO3/c17-14(18)13(15(19)7-3-4-8-15)11-9-16-12-6-2-1-5-10(11)12/h1-2,5-6,9,13,16,19H,3-4,7-8H2,(H,17,18). The molecular weight excluding hydrogens is 242 g/mol.